The van der Waals surface area contributed by atoms with Crippen molar-refractivity contribution >= 4 is 5.69 Å². The molecule has 110 valence electrons. The monoisotopic (exact) mass is 275 g/mol. The predicted octanol–water partition coefficient (Wildman–Crippen LogP) is 2.33. The summed E-state index contributed by atoms with van der Waals surface area (Å²) in [5, 5.41) is 0. The van der Waals surface area contributed by atoms with Crippen LogP contribution in [0.4, 0.5) is 5.69 Å². The van der Waals surface area contributed by atoms with Gasteiger partial charge in [0.25, 0.3) is 5.56 Å². The summed E-state index contributed by atoms with van der Waals surface area (Å²) in [5.41, 5.74) is 7.88. The Morgan fingerprint density at radius 3 is 2.10 bits per heavy atom. The molecule has 1 heterocycles. The first-order chi connectivity index (χ1) is 9.60. The molecule has 20 heavy (non-hydrogen) atoms. The van der Waals surface area contributed by atoms with Crippen LogP contribution >= 0.6 is 0 Å². The molecule has 0 unspecified atom stereocenters. The molecule has 4 heteroatoms. The Kier molecular flexibility index (Phi) is 2.60. The van der Waals surface area contributed by atoms with Gasteiger partial charge in [0.15, 0.2) is 0 Å². The molecule has 1 aromatic rings. The molecule has 4 nitrogen and oxygen atoms in total. The average Bonchev–Trinajstić information content (AvgIpc) is 2.61. The van der Waals surface area contributed by atoms with Crippen molar-refractivity contribution in [3.63, 3.8) is 0 Å². The van der Waals surface area contributed by atoms with Crippen LogP contribution in [0.3, 0.4) is 0 Å². The van der Waals surface area contributed by atoms with Gasteiger partial charge in [-0.3, -0.25) is 9.48 Å². The molecule has 4 aliphatic carbocycles. The van der Waals surface area contributed by atoms with Gasteiger partial charge in [0, 0.05) is 19.5 Å². The molecule has 4 bridgehead atoms. The Bertz CT molecular complexity index is 570. The smallest absolute Gasteiger partial charge is 0.290 e. The molecule has 0 atom stereocenters. The highest BCUT2D eigenvalue weighted by molar-refractivity contribution is 5.45. The first-order valence-corrected chi connectivity index (χ1v) is 8.15. The summed E-state index contributed by atoms with van der Waals surface area (Å²) in [4.78, 5) is 12.3. The Morgan fingerprint density at radius 1 is 1.10 bits per heavy atom. The highest BCUT2D eigenvalue weighted by atomic mass is 16.1. The van der Waals surface area contributed by atoms with Crippen molar-refractivity contribution < 1.29 is 0 Å². The fourth-order valence-electron chi connectivity index (χ4n) is 5.81. The van der Waals surface area contributed by atoms with Crippen molar-refractivity contribution in [3.05, 3.63) is 16.0 Å². The lowest BCUT2D eigenvalue weighted by Crippen LogP contribution is -2.44. The molecule has 0 saturated heterocycles. The van der Waals surface area contributed by atoms with E-state index in [2.05, 4.69) is 4.68 Å². The Morgan fingerprint density at radius 2 is 1.65 bits per heavy atom. The fraction of sp³-hybridized carbons (Fsp3) is 0.812. The first-order valence-electron chi connectivity index (χ1n) is 8.15. The molecule has 1 aromatic heterocycles. The number of hydrogen-bond donors (Lipinski definition) is 1. The lowest BCUT2D eigenvalue weighted by Gasteiger charge is -2.54. The number of anilines is 1. The quantitative estimate of drug-likeness (QED) is 0.900. The number of nitrogen functional groups attached to an aromatic ring is 1. The molecular weight excluding hydrogens is 250 g/mol. The van der Waals surface area contributed by atoms with Crippen LogP contribution in [0.15, 0.2) is 4.79 Å². The van der Waals surface area contributed by atoms with Gasteiger partial charge in [0.1, 0.15) is 5.69 Å². The largest absolute Gasteiger partial charge is 0.393 e. The molecule has 2 N–H and O–H groups in total. The molecule has 0 radical (unpaired) electrons. The summed E-state index contributed by atoms with van der Waals surface area (Å²) in [6, 6.07) is 0. The minimum absolute atomic E-state index is 0.0128. The van der Waals surface area contributed by atoms with Crippen molar-refractivity contribution in [1.29, 1.82) is 0 Å². The second kappa shape index (κ2) is 4.15. The van der Waals surface area contributed by atoms with E-state index in [1.54, 1.807) is 4.68 Å². The van der Waals surface area contributed by atoms with Gasteiger partial charge in [-0.15, -0.1) is 0 Å². The van der Waals surface area contributed by atoms with Gasteiger partial charge in [-0.1, -0.05) is 0 Å². The van der Waals surface area contributed by atoms with Gasteiger partial charge in [0.2, 0.25) is 0 Å². The summed E-state index contributed by atoms with van der Waals surface area (Å²) in [6.07, 6.45) is 6.92. The third kappa shape index (κ3) is 1.51. The first kappa shape index (κ1) is 12.5. The van der Waals surface area contributed by atoms with Crippen LogP contribution in [-0.4, -0.2) is 9.36 Å². The third-order valence-corrected chi connectivity index (χ3v) is 6.29. The zero-order chi connectivity index (χ0) is 14.0. The third-order valence-electron chi connectivity index (χ3n) is 6.29. The zero-order valence-electron chi connectivity index (χ0n) is 12.5. The van der Waals surface area contributed by atoms with E-state index in [1.165, 1.54) is 32.1 Å². The Labute approximate surface area is 119 Å². The number of rotatable bonds is 2. The maximum atomic E-state index is 12.3. The molecule has 0 aliphatic heterocycles. The molecule has 0 amide bonds. The van der Waals surface area contributed by atoms with Crippen LogP contribution < -0.4 is 11.3 Å². The Balaban J connectivity index is 1.80. The van der Waals surface area contributed by atoms with Gasteiger partial charge < -0.3 is 5.73 Å². The fourth-order valence-corrected chi connectivity index (χ4v) is 5.81. The van der Waals surface area contributed by atoms with Gasteiger partial charge in [-0.05, 0) is 62.7 Å². The number of nitrogens with zero attached hydrogens (tertiary/aromatic N) is 2. The van der Waals surface area contributed by atoms with Crippen molar-refractivity contribution in [2.75, 3.05) is 5.73 Å². The van der Waals surface area contributed by atoms with Crippen molar-refractivity contribution in [2.45, 2.75) is 51.5 Å². The molecule has 4 saturated carbocycles. The van der Waals surface area contributed by atoms with Gasteiger partial charge in [-0.2, -0.15) is 0 Å². The highest BCUT2D eigenvalue weighted by Gasteiger charge is 2.50. The van der Waals surface area contributed by atoms with Crippen LogP contribution in [0.5, 0.6) is 0 Å². The average molecular weight is 275 g/mol. The number of aromatic nitrogens is 2. The topological polar surface area (TPSA) is 52.9 Å². The van der Waals surface area contributed by atoms with E-state index >= 15 is 0 Å². The lowest BCUT2D eigenvalue weighted by atomic mass is 9.51. The molecule has 4 fully saturated rings. The van der Waals surface area contributed by atoms with Crippen molar-refractivity contribution in [2.24, 2.45) is 30.7 Å². The predicted molar refractivity (Wildman–Crippen MR) is 79.5 cm³/mol. The summed E-state index contributed by atoms with van der Waals surface area (Å²) in [7, 11) is 2.02. The summed E-state index contributed by atoms with van der Waals surface area (Å²) >= 11 is 0. The van der Waals surface area contributed by atoms with Gasteiger partial charge in [-0.25, -0.2) is 4.68 Å². The summed E-state index contributed by atoms with van der Waals surface area (Å²) < 4.78 is 3.85. The van der Waals surface area contributed by atoms with E-state index in [-0.39, 0.29) is 5.56 Å². The van der Waals surface area contributed by atoms with E-state index in [1.807, 2.05) is 14.0 Å². The second-order valence-electron chi connectivity index (χ2n) is 7.30. The van der Waals surface area contributed by atoms with Crippen LogP contribution in [0, 0.1) is 23.7 Å². The van der Waals surface area contributed by atoms with Crippen LogP contribution in [0.2, 0.25) is 0 Å². The normalized spacial score (nSPS) is 38.6. The maximum absolute atomic E-state index is 12.3. The number of nitrogens with two attached hydrogens (primary N) is 1. The number of hydrogen-bond acceptors (Lipinski definition) is 2. The van der Waals surface area contributed by atoms with E-state index in [0.717, 1.165) is 29.4 Å². The van der Waals surface area contributed by atoms with Crippen molar-refractivity contribution in [1.82, 2.24) is 9.36 Å². The standard InChI is InChI=1S/C16H25N3O/c1-3-19-16(20)14(17)15(18(19)2)13-11-5-9-4-10(7-11)8-12(13)6-9/h9-13H,3-8,17H2,1-2H3. The van der Waals surface area contributed by atoms with Crippen LogP contribution in [0.25, 0.3) is 0 Å². The molecule has 5 rings (SSSR count). The molecule has 0 aromatic carbocycles. The molecule has 0 spiro atoms. The van der Waals surface area contributed by atoms with E-state index in [4.69, 9.17) is 5.73 Å². The lowest BCUT2D eigenvalue weighted by molar-refractivity contribution is -0.00543. The highest BCUT2D eigenvalue weighted by Crippen LogP contribution is 2.60. The van der Waals surface area contributed by atoms with E-state index in [0.29, 0.717) is 18.2 Å². The second-order valence-corrected chi connectivity index (χ2v) is 7.30. The van der Waals surface area contributed by atoms with Crippen LogP contribution in [0.1, 0.15) is 50.6 Å². The Hall–Kier alpha value is -1.19. The zero-order valence-corrected chi connectivity index (χ0v) is 12.5. The minimum atomic E-state index is 0.0128. The summed E-state index contributed by atoms with van der Waals surface area (Å²) in [6.45, 7) is 2.72. The molecular formula is C16H25N3O. The van der Waals surface area contributed by atoms with Crippen molar-refractivity contribution in [3.8, 4) is 0 Å². The summed E-state index contributed by atoms with van der Waals surface area (Å²) in [5.74, 6) is 3.99. The van der Waals surface area contributed by atoms with Gasteiger partial charge in [0.05, 0.1) is 5.69 Å². The van der Waals surface area contributed by atoms with Gasteiger partial charge >= 0.3 is 0 Å². The minimum Gasteiger partial charge on any atom is -0.393 e. The molecule has 4 aliphatic rings. The maximum Gasteiger partial charge on any atom is 0.290 e. The van der Waals surface area contributed by atoms with E-state index in [9.17, 15) is 4.79 Å². The van der Waals surface area contributed by atoms with E-state index < -0.39 is 0 Å². The van der Waals surface area contributed by atoms with Crippen LogP contribution in [-0.2, 0) is 13.6 Å². The SMILES string of the molecule is CCn1c(=O)c(N)c(C2C3CC4CC(C3)CC2C4)n1C.